The molecule has 3 rings (SSSR count). The summed E-state index contributed by atoms with van der Waals surface area (Å²) in [5.41, 5.74) is 0.125. The first-order chi connectivity index (χ1) is 12.0. The zero-order valence-electron chi connectivity index (χ0n) is 12.8. The van der Waals surface area contributed by atoms with Gasteiger partial charge in [0.15, 0.2) is 5.78 Å². The summed E-state index contributed by atoms with van der Waals surface area (Å²) in [6, 6.07) is 10.0. The predicted octanol–water partition coefficient (Wildman–Crippen LogP) is 4.14. The summed E-state index contributed by atoms with van der Waals surface area (Å²) >= 11 is 0.869. The van der Waals surface area contributed by atoms with Crippen LogP contribution in [-0.2, 0) is 0 Å². The van der Waals surface area contributed by atoms with Crippen LogP contribution in [-0.4, -0.2) is 20.9 Å². The highest BCUT2D eigenvalue weighted by Gasteiger charge is 2.20. The van der Waals surface area contributed by atoms with Crippen LogP contribution in [0.15, 0.2) is 57.0 Å². The Morgan fingerprint density at radius 1 is 1.24 bits per heavy atom. The number of nitro groups is 1. The van der Waals surface area contributed by atoms with E-state index in [1.54, 1.807) is 6.07 Å². The van der Waals surface area contributed by atoms with Crippen molar-refractivity contribution in [1.82, 2.24) is 10.2 Å². The molecule has 0 aliphatic rings. The molecule has 9 heteroatoms. The Balaban J connectivity index is 1.92. The molecule has 0 saturated carbocycles. The number of carbonyl (C=O) groups is 1. The van der Waals surface area contributed by atoms with E-state index >= 15 is 0 Å². The maximum atomic E-state index is 13.7. The van der Waals surface area contributed by atoms with E-state index in [1.807, 2.05) is 0 Å². The standard InChI is InChI=1S/C16H10FN3O4S/c1-9(21)10-6-7-14(13(8-10)20(22)23)25-16-19-18-15(24-16)11-4-2-3-5-12(11)17/h2-8H,1H3. The molecule has 0 unspecified atom stereocenters. The minimum atomic E-state index is -0.594. The highest BCUT2D eigenvalue weighted by atomic mass is 32.2. The normalized spacial score (nSPS) is 10.6. The Hall–Kier alpha value is -3.07. The number of Topliss-reactive ketones (excluding diaryl/α,β-unsaturated/α-hetero) is 1. The van der Waals surface area contributed by atoms with Gasteiger partial charge in [0.1, 0.15) is 5.82 Å². The smallest absolute Gasteiger partial charge is 0.284 e. The van der Waals surface area contributed by atoms with Crippen LogP contribution in [0.4, 0.5) is 10.1 Å². The van der Waals surface area contributed by atoms with Gasteiger partial charge < -0.3 is 4.42 Å². The van der Waals surface area contributed by atoms with Gasteiger partial charge in [-0.1, -0.05) is 12.1 Å². The van der Waals surface area contributed by atoms with Crippen LogP contribution >= 0.6 is 11.8 Å². The number of hydrogen-bond donors (Lipinski definition) is 0. The first-order valence-corrected chi connectivity index (χ1v) is 7.83. The molecule has 7 nitrogen and oxygen atoms in total. The minimum Gasteiger partial charge on any atom is -0.411 e. The topological polar surface area (TPSA) is 99.1 Å². The summed E-state index contributed by atoms with van der Waals surface area (Å²) in [5, 5.41) is 18.8. The molecule has 25 heavy (non-hydrogen) atoms. The second kappa shape index (κ2) is 6.81. The number of hydrogen-bond acceptors (Lipinski definition) is 7. The van der Waals surface area contributed by atoms with E-state index in [0.29, 0.717) is 0 Å². The van der Waals surface area contributed by atoms with Crippen molar-refractivity contribution in [2.75, 3.05) is 0 Å². The number of carbonyl (C=O) groups excluding carboxylic acids is 1. The average Bonchev–Trinajstić information content (AvgIpc) is 3.03. The van der Waals surface area contributed by atoms with Gasteiger partial charge in [-0.25, -0.2) is 4.39 Å². The number of nitrogens with zero attached hydrogens (tertiary/aromatic N) is 3. The molecule has 1 aromatic heterocycles. The van der Waals surface area contributed by atoms with Gasteiger partial charge in [-0.05, 0) is 43.0 Å². The Labute approximate surface area is 145 Å². The number of rotatable bonds is 5. The molecule has 0 atom stereocenters. The Bertz CT molecular complexity index is 974. The maximum absolute atomic E-state index is 13.7. The molecule has 0 aliphatic heterocycles. The third kappa shape index (κ3) is 3.56. The number of halogens is 1. The average molecular weight is 359 g/mol. The van der Waals surface area contributed by atoms with Crippen molar-refractivity contribution in [3.05, 3.63) is 64.0 Å². The van der Waals surface area contributed by atoms with Crippen LogP contribution in [0.1, 0.15) is 17.3 Å². The van der Waals surface area contributed by atoms with Crippen molar-refractivity contribution >= 4 is 23.2 Å². The number of ketones is 1. The third-order valence-corrected chi connectivity index (χ3v) is 4.17. The number of nitro benzene ring substituents is 1. The zero-order chi connectivity index (χ0) is 18.0. The van der Waals surface area contributed by atoms with Gasteiger partial charge in [-0.3, -0.25) is 14.9 Å². The summed E-state index contributed by atoms with van der Waals surface area (Å²) in [4.78, 5) is 22.2. The van der Waals surface area contributed by atoms with Crippen molar-refractivity contribution in [2.24, 2.45) is 0 Å². The van der Waals surface area contributed by atoms with Gasteiger partial charge in [0.2, 0.25) is 0 Å². The van der Waals surface area contributed by atoms with E-state index in [1.165, 1.54) is 43.3 Å². The summed E-state index contributed by atoms with van der Waals surface area (Å²) in [5.74, 6) is -0.817. The van der Waals surface area contributed by atoms with Crippen molar-refractivity contribution < 1.29 is 18.5 Å². The highest BCUT2D eigenvalue weighted by molar-refractivity contribution is 7.99. The fraction of sp³-hybridized carbons (Fsp3) is 0.0625. The molecule has 126 valence electrons. The van der Waals surface area contributed by atoms with Crippen molar-refractivity contribution in [2.45, 2.75) is 17.0 Å². The number of aromatic nitrogens is 2. The molecule has 0 amide bonds. The van der Waals surface area contributed by atoms with E-state index in [-0.39, 0.29) is 38.6 Å². The fourth-order valence-electron chi connectivity index (χ4n) is 2.05. The molecule has 0 spiro atoms. The molecular weight excluding hydrogens is 349 g/mol. The van der Waals surface area contributed by atoms with Crippen LogP contribution < -0.4 is 0 Å². The molecule has 1 heterocycles. The van der Waals surface area contributed by atoms with Crippen LogP contribution in [0, 0.1) is 15.9 Å². The maximum Gasteiger partial charge on any atom is 0.284 e. The summed E-state index contributed by atoms with van der Waals surface area (Å²) < 4.78 is 19.1. The van der Waals surface area contributed by atoms with Gasteiger partial charge in [0, 0.05) is 11.6 Å². The molecule has 0 saturated heterocycles. The lowest BCUT2D eigenvalue weighted by atomic mass is 10.1. The SMILES string of the molecule is CC(=O)c1ccc(Sc2nnc(-c3ccccc3F)o2)c([N+](=O)[O-])c1. The monoisotopic (exact) mass is 359 g/mol. The molecule has 0 bridgehead atoms. The predicted molar refractivity (Wildman–Crippen MR) is 86.9 cm³/mol. The third-order valence-electron chi connectivity index (χ3n) is 3.27. The van der Waals surface area contributed by atoms with E-state index < -0.39 is 10.7 Å². The summed E-state index contributed by atoms with van der Waals surface area (Å²) in [6.45, 7) is 1.32. The number of benzene rings is 2. The lowest BCUT2D eigenvalue weighted by Crippen LogP contribution is -1.97. The lowest BCUT2D eigenvalue weighted by Gasteiger charge is -2.01. The first kappa shape index (κ1) is 16.8. The van der Waals surface area contributed by atoms with Crippen LogP contribution in [0.25, 0.3) is 11.5 Å². The minimum absolute atomic E-state index is 0.0244. The second-order valence-electron chi connectivity index (χ2n) is 4.95. The molecule has 3 aromatic rings. The van der Waals surface area contributed by atoms with Gasteiger partial charge in [0.25, 0.3) is 16.8 Å². The van der Waals surface area contributed by atoms with E-state index in [9.17, 15) is 19.3 Å². The first-order valence-electron chi connectivity index (χ1n) is 7.01. The fourth-order valence-corrected chi connectivity index (χ4v) is 2.82. The quantitative estimate of drug-likeness (QED) is 0.383. The Morgan fingerprint density at radius 3 is 2.68 bits per heavy atom. The van der Waals surface area contributed by atoms with E-state index in [2.05, 4.69) is 10.2 Å². The Morgan fingerprint density at radius 2 is 2.00 bits per heavy atom. The van der Waals surface area contributed by atoms with Gasteiger partial charge in [0.05, 0.1) is 15.4 Å². The molecular formula is C16H10FN3O4S. The zero-order valence-corrected chi connectivity index (χ0v) is 13.6. The summed E-state index contributed by atoms with van der Waals surface area (Å²) in [7, 11) is 0. The highest BCUT2D eigenvalue weighted by Crippen LogP contribution is 2.36. The van der Waals surface area contributed by atoms with Gasteiger partial charge >= 0.3 is 0 Å². The van der Waals surface area contributed by atoms with Crippen molar-refractivity contribution in [3.8, 4) is 11.5 Å². The largest absolute Gasteiger partial charge is 0.411 e. The van der Waals surface area contributed by atoms with E-state index in [0.717, 1.165) is 11.8 Å². The molecule has 0 aliphatic carbocycles. The molecule has 2 aromatic carbocycles. The van der Waals surface area contributed by atoms with Crippen LogP contribution in [0.2, 0.25) is 0 Å². The molecule has 0 N–H and O–H groups in total. The van der Waals surface area contributed by atoms with Crippen molar-refractivity contribution in [3.63, 3.8) is 0 Å². The van der Waals surface area contributed by atoms with E-state index in [4.69, 9.17) is 4.42 Å². The summed E-state index contributed by atoms with van der Waals surface area (Å²) in [6.07, 6.45) is 0. The van der Waals surface area contributed by atoms with Crippen LogP contribution in [0.3, 0.4) is 0 Å². The Kier molecular flexibility index (Phi) is 4.57. The van der Waals surface area contributed by atoms with Gasteiger partial charge in [-0.2, -0.15) is 0 Å². The second-order valence-corrected chi connectivity index (χ2v) is 5.94. The molecule has 0 fully saturated rings. The lowest BCUT2D eigenvalue weighted by molar-refractivity contribution is -0.387. The molecule has 0 radical (unpaired) electrons. The van der Waals surface area contributed by atoms with Crippen LogP contribution in [0.5, 0.6) is 0 Å². The van der Waals surface area contributed by atoms with Gasteiger partial charge in [-0.15, -0.1) is 10.2 Å². The van der Waals surface area contributed by atoms with Crippen molar-refractivity contribution in [1.29, 1.82) is 0 Å².